The molecule has 10 nitrogen and oxygen atoms in total. The van der Waals surface area contributed by atoms with Crippen LogP contribution in [0.4, 0.5) is 10.3 Å². The number of rotatable bonds is 4. The molecule has 160 valence electrons. The molecule has 0 unspecified atom stereocenters. The van der Waals surface area contributed by atoms with Gasteiger partial charge in [-0.15, -0.1) is 0 Å². The zero-order valence-electron chi connectivity index (χ0n) is 16.5. The lowest BCUT2D eigenvalue weighted by atomic mass is 9.93. The van der Waals surface area contributed by atoms with E-state index in [1.165, 1.54) is 23.5 Å². The smallest absolute Gasteiger partial charge is 0.267 e. The number of hydroxylamine groups is 2. The second-order valence-corrected chi connectivity index (χ2v) is 7.38. The average molecular weight is 425 g/mol. The molecule has 4 rings (SSSR count). The summed E-state index contributed by atoms with van der Waals surface area (Å²) in [6.45, 7) is 0.558. The summed E-state index contributed by atoms with van der Waals surface area (Å²) >= 11 is 0. The standard InChI is InChI=1S/C20H20FN7O3/c21-15-11-27(20-25-4-1-16(26-20)18(23)29)5-2-14(15)19(30)28-17(3-6-31-28)13-7-12(8-22)9-24-10-13/h1,4,7,9-10,14-15,17H,2-3,5-6,11H2,(H2,23,29)/t14-,15+,17+/m1/s1. The molecule has 31 heavy (non-hydrogen) atoms. The van der Waals surface area contributed by atoms with E-state index in [0.717, 1.165) is 0 Å². The summed E-state index contributed by atoms with van der Waals surface area (Å²) in [6.07, 6.45) is 3.70. The van der Waals surface area contributed by atoms with Gasteiger partial charge in [0.15, 0.2) is 0 Å². The van der Waals surface area contributed by atoms with Gasteiger partial charge in [-0.05, 0) is 24.1 Å². The molecule has 0 aliphatic carbocycles. The van der Waals surface area contributed by atoms with Crippen LogP contribution in [-0.2, 0) is 9.63 Å². The lowest BCUT2D eigenvalue weighted by Crippen LogP contribution is -2.49. The lowest BCUT2D eigenvalue weighted by molar-refractivity contribution is -0.184. The Bertz CT molecular complexity index is 1040. The van der Waals surface area contributed by atoms with Gasteiger partial charge in [0.2, 0.25) is 5.95 Å². The van der Waals surface area contributed by atoms with Crippen LogP contribution in [0.25, 0.3) is 0 Å². The van der Waals surface area contributed by atoms with Crippen LogP contribution in [0.15, 0.2) is 30.7 Å². The number of primary amides is 1. The van der Waals surface area contributed by atoms with Crippen molar-refractivity contribution in [2.75, 3.05) is 24.6 Å². The number of anilines is 1. The van der Waals surface area contributed by atoms with E-state index >= 15 is 4.39 Å². The van der Waals surface area contributed by atoms with Gasteiger partial charge in [-0.3, -0.25) is 19.4 Å². The van der Waals surface area contributed by atoms with E-state index in [0.29, 0.717) is 30.7 Å². The summed E-state index contributed by atoms with van der Waals surface area (Å²) in [5.74, 6) is -1.83. The minimum Gasteiger partial charge on any atom is -0.364 e. The molecule has 2 N–H and O–H groups in total. The van der Waals surface area contributed by atoms with E-state index in [2.05, 4.69) is 15.0 Å². The average Bonchev–Trinajstić information content (AvgIpc) is 3.28. The van der Waals surface area contributed by atoms with Crippen molar-refractivity contribution in [1.82, 2.24) is 20.0 Å². The van der Waals surface area contributed by atoms with E-state index in [4.69, 9.17) is 15.8 Å². The number of carbonyl (C=O) groups is 2. The summed E-state index contributed by atoms with van der Waals surface area (Å²) in [6, 6.07) is 4.64. The van der Waals surface area contributed by atoms with Crippen LogP contribution >= 0.6 is 0 Å². The minimum atomic E-state index is -1.48. The van der Waals surface area contributed by atoms with E-state index in [1.54, 1.807) is 17.2 Å². The van der Waals surface area contributed by atoms with Crippen LogP contribution in [0.5, 0.6) is 0 Å². The number of piperidine rings is 1. The number of nitriles is 1. The van der Waals surface area contributed by atoms with Crippen LogP contribution in [0, 0.1) is 17.2 Å². The molecule has 0 aromatic carbocycles. The first-order chi connectivity index (χ1) is 15.0. The quantitative estimate of drug-likeness (QED) is 0.763. The fraction of sp³-hybridized carbons (Fsp3) is 0.400. The second kappa shape index (κ2) is 8.61. The van der Waals surface area contributed by atoms with E-state index < -0.39 is 29.9 Å². The Labute approximate surface area is 177 Å². The zero-order valence-corrected chi connectivity index (χ0v) is 16.5. The fourth-order valence-corrected chi connectivity index (χ4v) is 3.86. The first kappa shape index (κ1) is 20.6. The van der Waals surface area contributed by atoms with Crippen molar-refractivity contribution < 1.29 is 18.8 Å². The number of nitrogens with two attached hydrogens (primary N) is 1. The summed E-state index contributed by atoms with van der Waals surface area (Å²) in [5.41, 5.74) is 6.34. The molecule has 2 aliphatic heterocycles. The normalized spacial score (nSPS) is 23.4. The van der Waals surface area contributed by atoms with Gasteiger partial charge in [0.1, 0.15) is 17.9 Å². The largest absolute Gasteiger partial charge is 0.364 e. The SMILES string of the molecule is N#Cc1cncc([C@@H]2CCON2C(=O)[C@@H]2CCN(c3nccc(C(N)=O)n3)C[C@@H]2F)c1. The van der Waals surface area contributed by atoms with Gasteiger partial charge in [0, 0.05) is 31.6 Å². The topological polar surface area (TPSA) is 138 Å². The maximum atomic E-state index is 15.0. The lowest BCUT2D eigenvalue weighted by Gasteiger charge is -2.36. The first-order valence-electron chi connectivity index (χ1n) is 9.81. The zero-order chi connectivity index (χ0) is 22.0. The molecule has 2 aromatic heterocycles. The number of carbonyl (C=O) groups excluding carboxylic acids is 2. The monoisotopic (exact) mass is 425 g/mol. The maximum Gasteiger partial charge on any atom is 0.267 e. The predicted octanol–water partition coefficient (Wildman–Crippen LogP) is 0.912. The first-order valence-corrected chi connectivity index (χ1v) is 9.81. The molecule has 3 atom stereocenters. The molecule has 2 aliphatic rings. The molecule has 11 heteroatoms. The van der Waals surface area contributed by atoms with Gasteiger partial charge >= 0.3 is 0 Å². The number of hydrogen-bond donors (Lipinski definition) is 1. The minimum absolute atomic E-state index is 0.0418. The molecule has 0 bridgehead atoms. The van der Waals surface area contributed by atoms with Gasteiger partial charge in [-0.1, -0.05) is 0 Å². The Morgan fingerprint density at radius 2 is 2.16 bits per heavy atom. The Hall–Kier alpha value is -3.65. The molecule has 2 fully saturated rings. The summed E-state index contributed by atoms with van der Waals surface area (Å²) in [5, 5.41) is 10.3. The number of alkyl halides is 1. The molecule has 2 amide bonds. The number of amides is 2. The molecule has 0 radical (unpaired) electrons. The van der Waals surface area contributed by atoms with Gasteiger partial charge in [-0.25, -0.2) is 19.4 Å². The van der Waals surface area contributed by atoms with E-state index in [1.807, 2.05) is 6.07 Å². The fourth-order valence-electron chi connectivity index (χ4n) is 3.86. The molecule has 2 aromatic rings. The summed E-state index contributed by atoms with van der Waals surface area (Å²) < 4.78 is 15.0. The summed E-state index contributed by atoms with van der Waals surface area (Å²) in [7, 11) is 0. The third kappa shape index (κ3) is 4.15. The number of pyridine rings is 1. The highest BCUT2D eigenvalue weighted by Gasteiger charge is 2.42. The summed E-state index contributed by atoms with van der Waals surface area (Å²) in [4.78, 5) is 43.7. The number of aromatic nitrogens is 3. The second-order valence-electron chi connectivity index (χ2n) is 7.38. The Kier molecular flexibility index (Phi) is 5.73. The molecule has 4 heterocycles. The number of nitrogens with zero attached hydrogens (tertiary/aromatic N) is 6. The van der Waals surface area contributed by atoms with Crippen molar-refractivity contribution in [2.24, 2.45) is 11.7 Å². The van der Waals surface area contributed by atoms with Crippen LogP contribution in [0.1, 0.15) is 40.5 Å². The third-order valence-electron chi connectivity index (χ3n) is 5.43. The predicted molar refractivity (Wildman–Crippen MR) is 105 cm³/mol. The van der Waals surface area contributed by atoms with Crippen molar-refractivity contribution in [3.63, 3.8) is 0 Å². The van der Waals surface area contributed by atoms with Crippen molar-refractivity contribution >= 4 is 17.8 Å². The van der Waals surface area contributed by atoms with Crippen molar-refractivity contribution in [1.29, 1.82) is 5.26 Å². The molecule has 0 saturated carbocycles. The highest BCUT2D eigenvalue weighted by Crippen LogP contribution is 2.34. The van der Waals surface area contributed by atoms with E-state index in [9.17, 15) is 9.59 Å². The molecule has 2 saturated heterocycles. The maximum absolute atomic E-state index is 15.0. The number of halogens is 1. The Balaban J connectivity index is 1.47. The van der Waals surface area contributed by atoms with Crippen LogP contribution in [-0.4, -0.2) is 57.7 Å². The molecular formula is C20H20FN7O3. The van der Waals surface area contributed by atoms with Gasteiger partial charge in [0.25, 0.3) is 11.8 Å². The Morgan fingerprint density at radius 3 is 2.90 bits per heavy atom. The van der Waals surface area contributed by atoms with Crippen molar-refractivity contribution in [3.05, 3.63) is 47.5 Å². The molecular weight excluding hydrogens is 405 g/mol. The van der Waals surface area contributed by atoms with Crippen LogP contribution in [0.2, 0.25) is 0 Å². The third-order valence-corrected chi connectivity index (χ3v) is 5.43. The highest BCUT2D eigenvalue weighted by molar-refractivity contribution is 5.90. The number of hydrogen-bond acceptors (Lipinski definition) is 8. The Morgan fingerprint density at radius 1 is 1.32 bits per heavy atom. The van der Waals surface area contributed by atoms with Gasteiger partial charge in [-0.2, -0.15) is 5.26 Å². The highest BCUT2D eigenvalue weighted by atomic mass is 19.1. The van der Waals surface area contributed by atoms with Crippen LogP contribution < -0.4 is 10.6 Å². The van der Waals surface area contributed by atoms with Crippen molar-refractivity contribution in [3.8, 4) is 6.07 Å². The van der Waals surface area contributed by atoms with Gasteiger partial charge < -0.3 is 10.6 Å². The van der Waals surface area contributed by atoms with Crippen molar-refractivity contribution in [2.45, 2.75) is 25.1 Å². The van der Waals surface area contributed by atoms with Crippen LogP contribution in [0.3, 0.4) is 0 Å². The van der Waals surface area contributed by atoms with E-state index in [-0.39, 0.29) is 24.6 Å². The van der Waals surface area contributed by atoms with Gasteiger partial charge in [0.05, 0.1) is 30.7 Å². The molecule has 0 spiro atoms.